The van der Waals surface area contributed by atoms with Crippen LogP contribution >= 0.6 is 0 Å². The smallest absolute Gasteiger partial charge is 0.171 e. The molecule has 1 aliphatic heterocycles. The van der Waals surface area contributed by atoms with Gasteiger partial charge in [-0.15, -0.1) is 0 Å². The highest BCUT2D eigenvalue weighted by Gasteiger charge is 2.32. The molecule has 1 N–H and O–H groups in total. The van der Waals surface area contributed by atoms with Crippen LogP contribution in [-0.4, -0.2) is 31.5 Å². The summed E-state index contributed by atoms with van der Waals surface area (Å²) in [6, 6.07) is 2.05. The zero-order valence-electron chi connectivity index (χ0n) is 9.45. The first kappa shape index (κ1) is 12.3. The molecule has 1 fully saturated rings. The standard InChI is InChI=1S/C12H14F2O3/c1-16-10-4-5-17-6-7(10)11-8(13)2-3-9(15)12(11)14/h2-3,7,10,15H,4-6H2,1H3. The Morgan fingerprint density at radius 3 is 2.88 bits per heavy atom. The van der Waals surface area contributed by atoms with Crippen LogP contribution in [0.1, 0.15) is 17.9 Å². The predicted octanol–water partition coefficient (Wildman–Crippen LogP) is 2.19. The van der Waals surface area contributed by atoms with Gasteiger partial charge < -0.3 is 14.6 Å². The van der Waals surface area contributed by atoms with Crippen LogP contribution in [0.25, 0.3) is 0 Å². The predicted molar refractivity (Wildman–Crippen MR) is 57.0 cm³/mol. The molecule has 0 aromatic heterocycles. The van der Waals surface area contributed by atoms with Crippen molar-refractivity contribution in [2.24, 2.45) is 0 Å². The highest BCUT2D eigenvalue weighted by molar-refractivity contribution is 5.34. The fourth-order valence-electron chi connectivity index (χ4n) is 2.17. The molecule has 1 aromatic carbocycles. The summed E-state index contributed by atoms with van der Waals surface area (Å²) in [5.41, 5.74) is -0.156. The number of halogens is 2. The minimum atomic E-state index is -0.928. The number of phenols is 1. The molecule has 0 amide bonds. The van der Waals surface area contributed by atoms with Crippen LogP contribution in [0.5, 0.6) is 5.75 Å². The van der Waals surface area contributed by atoms with Gasteiger partial charge in [-0.1, -0.05) is 0 Å². The van der Waals surface area contributed by atoms with Crippen LogP contribution in [-0.2, 0) is 9.47 Å². The van der Waals surface area contributed by atoms with E-state index in [4.69, 9.17) is 9.47 Å². The number of phenolic OH excluding ortho intramolecular Hbond substituents is 1. The van der Waals surface area contributed by atoms with Gasteiger partial charge in [0.25, 0.3) is 0 Å². The first-order valence-electron chi connectivity index (χ1n) is 5.42. The largest absolute Gasteiger partial charge is 0.505 e. The molecule has 0 radical (unpaired) electrons. The Labute approximate surface area is 98.0 Å². The van der Waals surface area contributed by atoms with E-state index >= 15 is 0 Å². The van der Waals surface area contributed by atoms with Gasteiger partial charge >= 0.3 is 0 Å². The average Bonchev–Trinajstić information content (AvgIpc) is 2.35. The van der Waals surface area contributed by atoms with Crippen LogP contribution in [0.3, 0.4) is 0 Å². The number of hydrogen-bond acceptors (Lipinski definition) is 3. The van der Waals surface area contributed by atoms with E-state index in [9.17, 15) is 13.9 Å². The van der Waals surface area contributed by atoms with Crippen molar-refractivity contribution in [3.05, 3.63) is 29.3 Å². The van der Waals surface area contributed by atoms with Crippen molar-refractivity contribution in [2.45, 2.75) is 18.4 Å². The SMILES string of the molecule is COC1CCOCC1c1c(F)ccc(O)c1F. The Morgan fingerprint density at radius 1 is 1.41 bits per heavy atom. The number of benzene rings is 1. The summed E-state index contributed by atoms with van der Waals surface area (Å²) < 4.78 is 37.9. The summed E-state index contributed by atoms with van der Waals surface area (Å²) in [5.74, 6) is -2.69. The van der Waals surface area contributed by atoms with E-state index in [0.29, 0.717) is 13.0 Å². The van der Waals surface area contributed by atoms with Crippen molar-refractivity contribution >= 4 is 0 Å². The molecule has 94 valence electrons. The zero-order chi connectivity index (χ0) is 12.4. The van der Waals surface area contributed by atoms with Gasteiger partial charge in [-0.3, -0.25) is 0 Å². The third-order valence-electron chi connectivity index (χ3n) is 3.07. The Kier molecular flexibility index (Phi) is 3.59. The molecule has 0 aliphatic carbocycles. The molecular formula is C12H14F2O3. The molecule has 1 heterocycles. The van der Waals surface area contributed by atoms with E-state index in [1.54, 1.807) is 0 Å². The van der Waals surface area contributed by atoms with Crippen LogP contribution in [0.4, 0.5) is 8.78 Å². The summed E-state index contributed by atoms with van der Waals surface area (Å²) in [7, 11) is 1.50. The maximum absolute atomic E-state index is 13.8. The Bertz CT molecular complexity index is 409. The van der Waals surface area contributed by atoms with Crippen molar-refractivity contribution in [1.29, 1.82) is 0 Å². The highest BCUT2D eigenvalue weighted by atomic mass is 19.1. The number of hydrogen-bond donors (Lipinski definition) is 1. The first-order valence-corrected chi connectivity index (χ1v) is 5.42. The molecule has 3 nitrogen and oxygen atoms in total. The maximum atomic E-state index is 13.8. The lowest BCUT2D eigenvalue weighted by atomic mass is 9.89. The minimum Gasteiger partial charge on any atom is -0.505 e. The van der Waals surface area contributed by atoms with Crippen LogP contribution in [0.15, 0.2) is 12.1 Å². The molecule has 5 heteroatoms. The van der Waals surface area contributed by atoms with Crippen molar-refractivity contribution in [3.8, 4) is 5.75 Å². The summed E-state index contributed by atoms with van der Waals surface area (Å²) in [4.78, 5) is 0. The molecule has 2 rings (SSSR count). The van der Waals surface area contributed by atoms with Crippen LogP contribution in [0, 0.1) is 11.6 Å². The lowest BCUT2D eigenvalue weighted by Crippen LogP contribution is -2.32. The number of rotatable bonds is 2. The van der Waals surface area contributed by atoms with Crippen molar-refractivity contribution in [3.63, 3.8) is 0 Å². The topological polar surface area (TPSA) is 38.7 Å². The van der Waals surface area contributed by atoms with Gasteiger partial charge in [0.1, 0.15) is 5.82 Å². The second-order valence-electron chi connectivity index (χ2n) is 4.04. The van der Waals surface area contributed by atoms with E-state index in [1.165, 1.54) is 7.11 Å². The Morgan fingerprint density at radius 2 is 2.18 bits per heavy atom. The summed E-state index contributed by atoms with van der Waals surface area (Å²) in [5, 5.41) is 9.29. The monoisotopic (exact) mass is 244 g/mol. The lowest BCUT2D eigenvalue weighted by Gasteiger charge is -2.31. The lowest BCUT2D eigenvalue weighted by molar-refractivity contribution is -0.0304. The molecular weight excluding hydrogens is 230 g/mol. The summed E-state index contributed by atoms with van der Waals surface area (Å²) in [6.07, 6.45) is 0.282. The molecule has 1 aliphatic rings. The molecule has 1 saturated heterocycles. The zero-order valence-corrected chi connectivity index (χ0v) is 9.45. The highest BCUT2D eigenvalue weighted by Crippen LogP contribution is 2.34. The molecule has 17 heavy (non-hydrogen) atoms. The van der Waals surface area contributed by atoms with Gasteiger partial charge in [0, 0.05) is 25.2 Å². The van der Waals surface area contributed by atoms with Crippen molar-refractivity contribution in [2.75, 3.05) is 20.3 Å². The second kappa shape index (κ2) is 4.98. The van der Waals surface area contributed by atoms with Gasteiger partial charge in [0.15, 0.2) is 11.6 Å². The normalized spacial score (nSPS) is 24.9. The second-order valence-corrected chi connectivity index (χ2v) is 4.04. The number of methoxy groups -OCH3 is 1. The van der Waals surface area contributed by atoms with E-state index in [-0.39, 0.29) is 18.3 Å². The Balaban J connectivity index is 2.41. The Hall–Kier alpha value is -1.20. The van der Waals surface area contributed by atoms with Gasteiger partial charge in [-0.2, -0.15) is 0 Å². The quantitative estimate of drug-likeness (QED) is 0.866. The van der Waals surface area contributed by atoms with Crippen molar-refractivity contribution < 1.29 is 23.4 Å². The maximum Gasteiger partial charge on any atom is 0.171 e. The van der Waals surface area contributed by atoms with Gasteiger partial charge in [-0.25, -0.2) is 8.78 Å². The van der Waals surface area contributed by atoms with E-state index in [2.05, 4.69) is 0 Å². The van der Waals surface area contributed by atoms with Crippen molar-refractivity contribution in [1.82, 2.24) is 0 Å². The first-order chi connectivity index (χ1) is 8.15. The van der Waals surface area contributed by atoms with Crippen LogP contribution < -0.4 is 0 Å². The molecule has 0 bridgehead atoms. The third-order valence-corrected chi connectivity index (χ3v) is 3.07. The van der Waals surface area contributed by atoms with E-state index in [1.807, 2.05) is 0 Å². The average molecular weight is 244 g/mol. The summed E-state index contributed by atoms with van der Waals surface area (Å²) >= 11 is 0. The van der Waals surface area contributed by atoms with Gasteiger partial charge in [0.05, 0.1) is 12.7 Å². The van der Waals surface area contributed by atoms with Gasteiger partial charge in [-0.05, 0) is 18.6 Å². The van der Waals surface area contributed by atoms with Crippen LogP contribution in [0.2, 0.25) is 0 Å². The van der Waals surface area contributed by atoms with E-state index < -0.39 is 23.3 Å². The minimum absolute atomic E-state index is 0.156. The number of ether oxygens (including phenoxy) is 2. The fourth-order valence-corrected chi connectivity index (χ4v) is 2.17. The molecule has 2 atom stereocenters. The fraction of sp³-hybridized carbons (Fsp3) is 0.500. The third kappa shape index (κ3) is 2.25. The van der Waals surface area contributed by atoms with E-state index in [0.717, 1.165) is 12.1 Å². The van der Waals surface area contributed by atoms with Gasteiger partial charge in [0.2, 0.25) is 0 Å². The molecule has 2 unspecified atom stereocenters. The molecule has 0 spiro atoms. The molecule has 0 saturated carbocycles. The molecule has 1 aromatic rings. The number of aromatic hydroxyl groups is 1. The summed E-state index contributed by atoms with van der Waals surface area (Å²) in [6.45, 7) is 0.701.